The average molecular weight is 263 g/mol. The summed E-state index contributed by atoms with van der Waals surface area (Å²) in [5.41, 5.74) is 1.94. The summed E-state index contributed by atoms with van der Waals surface area (Å²) in [5, 5.41) is 11.7. The molecular weight excluding hydrogens is 242 g/mol. The Bertz CT molecular complexity index is 426. The first kappa shape index (κ1) is 15.2. The highest BCUT2D eigenvalue weighted by molar-refractivity contribution is 5.77. The average Bonchev–Trinajstić information content (AvgIpc) is 2.36. The smallest absolute Gasteiger partial charge is 0.305 e. The van der Waals surface area contributed by atoms with Crippen molar-refractivity contribution in [2.45, 2.75) is 45.6 Å². The van der Waals surface area contributed by atoms with E-state index in [0.717, 1.165) is 24.0 Å². The Kier molecular flexibility index (Phi) is 6.06. The third-order valence-electron chi connectivity index (χ3n) is 2.95. The predicted octanol–water partition coefficient (Wildman–Crippen LogP) is 2.82. The largest absolute Gasteiger partial charge is 0.481 e. The zero-order valence-corrected chi connectivity index (χ0v) is 11.5. The van der Waals surface area contributed by atoms with E-state index in [2.05, 4.69) is 5.32 Å². The first-order chi connectivity index (χ1) is 9.02. The van der Waals surface area contributed by atoms with E-state index in [1.807, 2.05) is 38.1 Å². The van der Waals surface area contributed by atoms with Crippen LogP contribution in [0.15, 0.2) is 24.3 Å². The molecule has 0 aliphatic heterocycles. The van der Waals surface area contributed by atoms with Gasteiger partial charge in [-0.25, -0.2) is 0 Å². The monoisotopic (exact) mass is 263 g/mol. The highest BCUT2D eigenvalue weighted by atomic mass is 16.4. The number of rotatable bonds is 7. The summed E-state index contributed by atoms with van der Waals surface area (Å²) in [5.74, 6) is -1.00. The van der Waals surface area contributed by atoms with Gasteiger partial charge in [0.1, 0.15) is 0 Å². The van der Waals surface area contributed by atoms with Crippen molar-refractivity contribution in [1.29, 1.82) is 0 Å². The molecule has 1 aromatic carbocycles. The maximum absolute atomic E-state index is 11.7. The Morgan fingerprint density at radius 2 is 1.89 bits per heavy atom. The van der Waals surface area contributed by atoms with E-state index in [1.165, 1.54) is 0 Å². The molecule has 1 atom stereocenters. The van der Waals surface area contributed by atoms with Crippen molar-refractivity contribution in [2.24, 2.45) is 0 Å². The van der Waals surface area contributed by atoms with Crippen LogP contribution in [-0.4, -0.2) is 17.0 Å². The molecule has 0 saturated heterocycles. The first-order valence-electron chi connectivity index (χ1n) is 6.60. The minimum absolute atomic E-state index is 0.0892. The summed E-state index contributed by atoms with van der Waals surface area (Å²) >= 11 is 0. The molecule has 0 aliphatic rings. The van der Waals surface area contributed by atoms with Gasteiger partial charge in [0, 0.05) is 6.42 Å². The number of hydrogen-bond donors (Lipinski definition) is 2. The number of carboxylic acids is 1. The summed E-state index contributed by atoms with van der Waals surface area (Å²) in [7, 11) is 0. The van der Waals surface area contributed by atoms with E-state index < -0.39 is 12.0 Å². The number of unbranched alkanes of at least 4 members (excludes halogenated alkanes) is 1. The molecule has 0 aliphatic carbocycles. The SMILES string of the molecule is CCCCC(=O)N[C@H](CC(=O)O)c1ccc(C)cc1. The molecule has 0 fully saturated rings. The van der Waals surface area contributed by atoms with Gasteiger partial charge < -0.3 is 10.4 Å². The lowest BCUT2D eigenvalue weighted by atomic mass is 10.0. The molecular formula is C15H21NO3. The van der Waals surface area contributed by atoms with Crippen molar-refractivity contribution in [3.05, 3.63) is 35.4 Å². The fraction of sp³-hybridized carbons (Fsp3) is 0.467. The van der Waals surface area contributed by atoms with E-state index in [0.29, 0.717) is 6.42 Å². The quantitative estimate of drug-likeness (QED) is 0.795. The van der Waals surface area contributed by atoms with Crippen molar-refractivity contribution in [3.63, 3.8) is 0 Å². The molecule has 0 spiro atoms. The second-order valence-electron chi connectivity index (χ2n) is 4.73. The molecule has 0 radical (unpaired) electrons. The molecule has 0 unspecified atom stereocenters. The Balaban J connectivity index is 2.74. The van der Waals surface area contributed by atoms with Crippen LogP contribution in [0.1, 0.15) is 49.8 Å². The molecule has 1 rings (SSSR count). The highest BCUT2D eigenvalue weighted by Gasteiger charge is 2.17. The normalized spacial score (nSPS) is 11.9. The molecule has 4 heteroatoms. The molecule has 0 heterocycles. The van der Waals surface area contributed by atoms with Crippen LogP contribution in [0.4, 0.5) is 0 Å². The number of benzene rings is 1. The van der Waals surface area contributed by atoms with Crippen molar-refractivity contribution in [1.82, 2.24) is 5.32 Å². The van der Waals surface area contributed by atoms with Gasteiger partial charge in [0.25, 0.3) is 0 Å². The minimum atomic E-state index is -0.915. The number of nitrogens with one attached hydrogen (secondary N) is 1. The van der Waals surface area contributed by atoms with Crippen LogP contribution in [0, 0.1) is 6.92 Å². The van der Waals surface area contributed by atoms with Gasteiger partial charge in [-0.3, -0.25) is 9.59 Å². The highest BCUT2D eigenvalue weighted by Crippen LogP contribution is 2.18. The van der Waals surface area contributed by atoms with Gasteiger partial charge in [0.05, 0.1) is 12.5 Å². The van der Waals surface area contributed by atoms with E-state index in [1.54, 1.807) is 0 Å². The zero-order valence-electron chi connectivity index (χ0n) is 11.5. The second-order valence-corrected chi connectivity index (χ2v) is 4.73. The van der Waals surface area contributed by atoms with E-state index in [-0.39, 0.29) is 12.3 Å². The molecule has 19 heavy (non-hydrogen) atoms. The van der Waals surface area contributed by atoms with Gasteiger partial charge in [-0.2, -0.15) is 0 Å². The number of aryl methyl sites for hydroxylation is 1. The standard InChI is InChI=1S/C15H21NO3/c1-3-4-5-14(17)16-13(10-15(18)19)12-8-6-11(2)7-9-12/h6-9,13H,3-5,10H2,1-2H3,(H,16,17)(H,18,19)/t13-/m1/s1. The number of carbonyl (C=O) groups is 2. The van der Waals surface area contributed by atoms with Gasteiger partial charge in [0.15, 0.2) is 0 Å². The van der Waals surface area contributed by atoms with Crippen LogP contribution in [0.5, 0.6) is 0 Å². The lowest BCUT2D eigenvalue weighted by Crippen LogP contribution is -2.29. The van der Waals surface area contributed by atoms with Crippen LogP contribution in [-0.2, 0) is 9.59 Å². The van der Waals surface area contributed by atoms with E-state index in [4.69, 9.17) is 5.11 Å². The third kappa shape index (κ3) is 5.55. The molecule has 4 nitrogen and oxygen atoms in total. The molecule has 1 aromatic rings. The maximum atomic E-state index is 11.7. The Morgan fingerprint density at radius 3 is 2.42 bits per heavy atom. The molecule has 0 saturated carbocycles. The van der Waals surface area contributed by atoms with Crippen LogP contribution in [0.3, 0.4) is 0 Å². The topological polar surface area (TPSA) is 66.4 Å². The second kappa shape index (κ2) is 7.56. The maximum Gasteiger partial charge on any atom is 0.305 e. The number of carbonyl (C=O) groups excluding carboxylic acids is 1. The van der Waals surface area contributed by atoms with Crippen LogP contribution >= 0.6 is 0 Å². The summed E-state index contributed by atoms with van der Waals surface area (Å²) in [6.07, 6.45) is 2.11. The molecule has 0 bridgehead atoms. The van der Waals surface area contributed by atoms with Gasteiger partial charge in [-0.05, 0) is 18.9 Å². The van der Waals surface area contributed by atoms with Gasteiger partial charge in [-0.15, -0.1) is 0 Å². The summed E-state index contributed by atoms with van der Waals surface area (Å²) in [6.45, 7) is 3.98. The van der Waals surface area contributed by atoms with Crippen molar-refractivity contribution in [3.8, 4) is 0 Å². The lowest BCUT2D eigenvalue weighted by Gasteiger charge is -2.17. The predicted molar refractivity (Wildman–Crippen MR) is 73.8 cm³/mol. The summed E-state index contributed by atoms with van der Waals surface area (Å²) in [6, 6.07) is 7.11. The minimum Gasteiger partial charge on any atom is -0.481 e. The van der Waals surface area contributed by atoms with Crippen LogP contribution in [0.2, 0.25) is 0 Å². The number of aliphatic carboxylic acids is 1. The van der Waals surface area contributed by atoms with Crippen LogP contribution < -0.4 is 5.32 Å². The Labute approximate surface area is 113 Å². The first-order valence-corrected chi connectivity index (χ1v) is 6.60. The molecule has 0 aromatic heterocycles. The van der Waals surface area contributed by atoms with Crippen molar-refractivity contribution >= 4 is 11.9 Å². The Hall–Kier alpha value is -1.84. The summed E-state index contributed by atoms with van der Waals surface area (Å²) < 4.78 is 0. The molecule has 1 amide bonds. The van der Waals surface area contributed by atoms with Gasteiger partial charge in [0.2, 0.25) is 5.91 Å². The van der Waals surface area contributed by atoms with E-state index >= 15 is 0 Å². The fourth-order valence-electron chi connectivity index (χ4n) is 1.83. The fourth-order valence-corrected chi connectivity index (χ4v) is 1.83. The van der Waals surface area contributed by atoms with Crippen LogP contribution in [0.25, 0.3) is 0 Å². The number of carboxylic acid groups (broad SMARTS) is 1. The molecule has 2 N–H and O–H groups in total. The van der Waals surface area contributed by atoms with Gasteiger partial charge in [-0.1, -0.05) is 43.2 Å². The third-order valence-corrected chi connectivity index (χ3v) is 2.95. The Morgan fingerprint density at radius 1 is 1.26 bits per heavy atom. The summed E-state index contributed by atoms with van der Waals surface area (Å²) in [4.78, 5) is 22.6. The van der Waals surface area contributed by atoms with Crippen molar-refractivity contribution in [2.75, 3.05) is 0 Å². The van der Waals surface area contributed by atoms with Crippen molar-refractivity contribution < 1.29 is 14.7 Å². The van der Waals surface area contributed by atoms with Gasteiger partial charge >= 0.3 is 5.97 Å². The number of amides is 1. The lowest BCUT2D eigenvalue weighted by molar-refractivity contribution is -0.137. The zero-order chi connectivity index (χ0) is 14.3. The number of hydrogen-bond acceptors (Lipinski definition) is 2. The van der Waals surface area contributed by atoms with E-state index in [9.17, 15) is 9.59 Å². The molecule has 104 valence electrons.